The number of amides is 1. The average Bonchev–Trinajstić information content (AvgIpc) is 2.49. The highest BCUT2D eigenvalue weighted by Crippen LogP contribution is 2.41. The lowest BCUT2D eigenvalue weighted by Gasteiger charge is -2.18. The van der Waals surface area contributed by atoms with Crippen LogP contribution in [0.5, 0.6) is 0 Å². The molecule has 18 heavy (non-hydrogen) atoms. The number of hydrogen-bond donors (Lipinski definition) is 1. The Hall–Kier alpha value is -1.72. The van der Waals surface area contributed by atoms with Gasteiger partial charge in [0.2, 0.25) is 0 Å². The van der Waals surface area contributed by atoms with E-state index >= 15 is 0 Å². The van der Waals surface area contributed by atoms with Gasteiger partial charge in [0, 0.05) is 30.6 Å². The van der Waals surface area contributed by atoms with Crippen LogP contribution in [0.15, 0.2) is 12.3 Å². The van der Waals surface area contributed by atoms with Crippen LogP contribution in [-0.2, 0) is 11.3 Å². The van der Waals surface area contributed by atoms with Crippen LogP contribution in [0.25, 0.3) is 0 Å². The Morgan fingerprint density at radius 3 is 2.67 bits per heavy atom. The van der Waals surface area contributed by atoms with E-state index in [1.807, 2.05) is 13.8 Å². The minimum atomic E-state index is -3.08. The highest BCUT2D eigenvalue weighted by Gasteiger charge is 2.40. The number of alkyl halides is 2. The third-order valence-electron chi connectivity index (χ3n) is 3.14. The highest BCUT2D eigenvalue weighted by molar-refractivity contribution is 5.90. The molecular weight excluding hydrogens is 242 g/mol. The summed E-state index contributed by atoms with van der Waals surface area (Å²) in [6.07, 6.45) is 0.212. The third-order valence-corrected chi connectivity index (χ3v) is 3.14. The largest absolute Gasteiger partial charge is 0.465 e. The number of pyridine rings is 1. The summed E-state index contributed by atoms with van der Waals surface area (Å²) in [6, 6.07) is 1.16. The van der Waals surface area contributed by atoms with Crippen LogP contribution >= 0.6 is 0 Å². The van der Waals surface area contributed by atoms with Gasteiger partial charge >= 0.3 is 6.09 Å². The Morgan fingerprint density at radius 1 is 1.56 bits per heavy atom. The van der Waals surface area contributed by atoms with Gasteiger partial charge in [-0.05, 0) is 6.07 Å². The Labute approximate surface area is 103 Å². The Kier molecular flexibility index (Phi) is 2.57. The fraction of sp³-hybridized carbons (Fsp3) is 0.500. The van der Waals surface area contributed by atoms with E-state index < -0.39 is 23.1 Å². The molecule has 2 heterocycles. The first-order valence-electron chi connectivity index (χ1n) is 5.52. The van der Waals surface area contributed by atoms with Gasteiger partial charge in [-0.2, -0.15) is 8.78 Å². The predicted octanol–water partition coefficient (Wildman–Crippen LogP) is 2.97. The highest BCUT2D eigenvalue weighted by atomic mass is 19.3. The molecule has 1 amide bonds. The first kappa shape index (κ1) is 12.7. The summed E-state index contributed by atoms with van der Waals surface area (Å²) in [6.45, 7) is 4.71. The van der Waals surface area contributed by atoms with Crippen LogP contribution in [0.2, 0.25) is 0 Å². The molecule has 6 heteroatoms. The normalized spacial score (nSPS) is 17.7. The molecule has 0 atom stereocenters. The summed E-state index contributed by atoms with van der Waals surface area (Å²) in [5, 5.41) is 9.10. The third kappa shape index (κ3) is 1.91. The predicted molar refractivity (Wildman–Crippen MR) is 62.2 cm³/mol. The molecule has 0 radical (unpaired) electrons. The van der Waals surface area contributed by atoms with Crippen molar-refractivity contribution in [1.82, 2.24) is 4.98 Å². The lowest BCUT2D eigenvalue weighted by Crippen LogP contribution is -2.32. The van der Waals surface area contributed by atoms with E-state index in [9.17, 15) is 13.6 Å². The monoisotopic (exact) mass is 256 g/mol. The molecule has 4 nitrogen and oxygen atoms in total. The SMILES string of the molecule is CC(F)(F)c1cc2c(cn1)C(C)(C)CN2C(=O)O. The number of halogens is 2. The number of aromatic nitrogens is 1. The smallest absolute Gasteiger partial charge is 0.411 e. The molecule has 2 rings (SSSR count). The van der Waals surface area contributed by atoms with Gasteiger partial charge in [-0.15, -0.1) is 0 Å². The fourth-order valence-electron chi connectivity index (χ4n) is 2.17. The molecule has 0 bridgehead atoms. The molecule has 98 valence electrons. The second kappa shape index (κ2) is 3.63. The molecule has 1 N–H and O–H groups in total. The first-order chi connectivity index (χ1) is 8.13. The molecule has 1 aromatic rings. The van der Waals surface area contributed by atoms with Crippen LogP contribution in [0.4, 0.5) is 19.3 Å². The zero-order chi connectivity index (χ0) is 13.7. The number of anilines is 1. The van der Waals surface area contributed by atoms with Crippen molar-refractivity contribution in [3.63, 3.8) is 0 Å². The van der Waals surface area contributed by atoms with Gasteiger partial charge in [-0.25, -0.2) is 4.79 Å². The van der Waals surface area contributed by atoms with E-state index in [0.29, 0.717) is 11.3 Å². The van der Waals surface area contributed by atoms with Crippen molar-refractivity contribution in [2.75, 3.05) is 11.4 Å². The van der Waals surface area contributed by atoms with Crippen molar-refractivity contribution in [3.8, 4) is 0 Å². The van der Waals surface area contributed by atoms with Crippen LogP contribution < -0.4 is 4.90 Å². The van der Waals surface area contributed by atoms with E-state index in [4.69, 9.17) is 5.11 Å². The van der Waals surface area contributed by atoms with Gasteiger partial charge in [0.25, 0.3) is 5.92 Å². The van der Waals surface area contributed by atoms with Gasteiger partial charge < -0.3 is 5.11 Å². The molecule has 0 aliphatic carbocycles. The van der Waals surface area contributed by atoms with Gasteiger partial charge in [-0.1, -0.05) is 13.8 Å². The van der Waals surface area contributed by atoms with Crippen molar-refractivity contribution in [1.29, 1.82) is 0 Å². The van der Waals surface area contributed by atoms with Crippen molar-refractivity contribution >= 4 is 11.8 Å². The van der Waals surface area contributed by atoms with E-state index in [1.54, 1.807) is 0 Å². The molecule has 0 saturated carbocycles. The maximum absolute atomic E-state index is 13.2. The van der Waals surface area contributed by atoms with Crippen molar-refractivity contribution in [3.05, 3.63) is 23.5 Å². The summed E-state index contributed by atoms with van der Waals surface area (Å²) >= 11 is 0. The maximum Gasteiger partial charge on any atom is 0.411 e. The summed E-state index contributed by atoms with van der Waals surface area (Å²) in [5.41, 5.74) is 0.157. The number of carbonyl (C=O) groups is 1. The van der Waals surface area contributed by atoms with Gasteiger partial charge in [0.1, 0.15) is 5.69 Å². The molecule has 1 aliphatic rings. The molecule has 0 fully saturated rings. The Morgan fingerprint density at radius 2 is 2.17 bits per heavy atom. The molecule has 0 unspecified atom stereocenters. The molecule has 0 spiro atoms. The summed E-state index contributed by atoms with van der Waals surface area (Å²) in [4.78, 5) is 16.0. The molecule has 1 aliphatic heterocycles. The summed E-state index contributed by atoms with van der Waals surface area (Å²) in [7, 11) is 0. The van der Waals surface area contributed by atoms with E-state index in [1.165, 1.54) is 6.20 Å². The van der Waals surface area contributed by atoms with Crippen molar-refractivity contribution in [2.24, 2.45) is 0 Å². The zero-order valence-corrected chi connectivity index (χ0v) is 10.4. The van der Waals surface area contributed by atoms with E-state index in [2.05, 4.69) is 4.98 Å². The molecule has 1 aromatic heterocycles. The summed E-state index contributed by atoms with van der Waals surface area (Å²) < 4.78 is 26.4. The fourth-order valence-corrected chi connectivity index (χ4v) is 2.17. The van der Waals surface area contributed by atoms with E-state index in [0.717, 1.165) is 17.9 Å². The molecular formula is C12H14F2N2O2. The number of rotatable bonds is 1. The quantitative estimate of drug-likeness (QED) is 0.840. The van der Waals surface area contributed by atoms with Crippen LogP contribution in [0.3, 0.4) is 0 Å². The maximum atomic E-state index is 13.2. The lowest BCUT2D eigenvalue weighted by molar-refractivity contribution is 0.0128. The second-order valence-corrected chi connectivity index (χ2v) is 5.23. The number of fused-ring (bicyclic) bond motifs is 1. The molecule has 0 aromatic carbocycles. The molecule has 0 saturated heterocycles. The van der Waals surface area contributed by atoms with Crippen molar-refractivity contribution in [2.45, 2.75) is 32.1 Å². The van der Waals surface area contributed by atoms with Crippen molar-refractivity contribution < 1.29 is 18.7 Å². The van der Waals surface area contributed by atoms with E-state index in [-0.39, 0.29) is 6.54 Å². The van der Waals surface area contributed by atoms with Gasteiger partial charge in [0.05, 0.1) is 5.69 Å². The first-order valence-corrected chi connectivity index (χ1v) is 5.52. The minimum absolute atomic E-state index is 0.248. The van der Waals surface area contributed by atoms with Crippen LogP contribution in [-0.4, -0.2) is 22.7 Å². The summed E-state index contributed by atoms with van der Waals surface area (Å²) in [5.74, 6) is -3.08. The number of hydrogen-bond acceptors (Lipinski definition) is 2. The minimum Gasteiger partial charge on any atom is -0.465 e. The Balaban J connectivity index is 2.58. The van der Waals surface area contributed by atoms with Gasteiger partial charge in [-0.3, -0.25) is 9.88 Å². The van der Waals surface area contributed by atoms with Gasteiger partial charge in [0.15, 0.2) is 0 Å². The second-order valence-electron chi connectivity index (χ2n) is 5.23. The topological polar surface area (TPSA) is 53.4 Å². The number of nitrogens with zero attached hydrogens (tertiary/aromatic N) is 2. The number of carboxylic acid groups (broad SMARTS) is 1. The Bertz CT molecular complexity index is 509. The van der Waals surface area contributed by atoms with Crippen LogP contribution in [0, 0.1) is 0 Å². The lowest BCUT2D eigenvalue weighted by atomic mass is 9.88. The zero-order valence-electron chi connectivity index (χ0n) is 10.4. The van der Waals surface area contributed by atoms with Crippen LogP contribution in [0.1, 0.15) is 32.0 Å². The average molecular weight is 256 g/mol. The standard InChI is InChI=1S/C12H14F2N2O2/c1-11(2)6-16(10(17)18)8-4-9(12(3,13)14)15-5-7(8)11/h4-5H,6H2,1-3H3,(H,17,18).